The smallest absolute Gasteiger partial charge is 0.0772 e. The van der Waals surface area contributed by atoms with Crippen LogP contribution in [-0.2, 0) is 18.0 Å². The third-order valence-corrected chi connectivity index (χ3v) is 5.29. The Balaban J connectivity index is 1.47. The van der Waals surface area contributed by atoms with Crippen LogP contribution in [0.25, 0.3) is 10.8 Å². The number of fused-ring (bicyclic) bond motifs is 1. The molecule has 3 nitrogen and oxygen atoms in total. The third-order valence-electron chi connectivity index (χ3n) is 5.29. The average molecular weight is 347 g/mol. The van der Waals surface area contributed by atoms with Crippen molar-refractivity contribution in [2.24, 2.45) is 0 Å². The molecule has 2 N–H and O–H groups in total. The van der Waals surface area contributed by atoms with Gasteiger partial charge in [-0.25, -0.2) is 0 Å². The Morgan fingerprint density at radius 2 is 1.69 bits per heavy atom. The zero-order chi connectivity index (χ0) is 17.8. The van der Waals surface area contributed by atoms with Crippen molar-refractivity contribution in [3.63, 3.8) is 0 Å². The van der Waals surface area contributed by atoms with Gasteiger partial charge in [0.25, 0.3) is 0 Å². The number of nitrogens with one attached hydrogen (secondary N) is 1. The van der Waals surface area contributed by atoms with Gasteiger partial charge < -0.3 is 15.2 Å². The molecule has 1 aliphatic rings. The van der Waals surface area contributed by atoms with E-state index in [1.807, 2.05) is 12.1 Å². The normalized spacial score (nSPS) is 20.3. The quantitative estimate of drug-likeness (QED) is 0.733. The van der Waals surface area contributed by atoms with E-state index in [1.165, 1.54) is 21.9 Å². The summed E-state index contributed by atoms with van der Waals surface area (Å²) in [6.45, 7) is 2.61. The summed E-state index contributed by atoms with van der Waals surface area (Å²) in [4.78, 5) is 0. The molecule has 0 aromatic heterocycles. The molecule has 2 unspecified atom stereocenters. The first-order valence-corrected chi connectivity index (χ1v) is 9.33. The Bertz CT molecular complexity index is 859. The van der Waals surface area contributed by atoms with Crippen molar-refractivity contribution in [2.45, 2.75) is 31.7 Å². The second-order valence-electron chi connectivity index (χ2n) is 7.03. The predicted molar refractivity (Wildman–Crippen MR) is 105 cm³/mol. The van der Waals surface area contributed by atoms with Crippen molar-refractivity contribution in [3.05, 3.63) is 83.4 Å². The van der Waals surface area contributed by atoms with E-state index in [2.05, 4.69) is 59.9 Å². The molecule has 0 radical (unpaired) electrons. The fourth-order valence-corrected chi connectivity index (χ4v) is 3.79. The van der Waals surface area contributed by atoms with Gasteiger partial charge in [-0.2, -0.15) is 0 Å². The molecule has 3 aromatic carbocycles. The minimum absolute atomic E-state index is 0.0917. The predicted octanol–water partition coefficient (Wildman–Crippen LogP) is 3.99. The molecule has 2 atom stereocenters. The van der Waals surface area contributed by atoms with Gasteiger partial charge in [0, 0.05) is 12.5 Å². The fourth-order valence-electron chi connectivity index (χ4n) is 3.79. The zero-order valence-corrected chi connectivity index (χ0v) is 14.9. The van der Waals surface area contributed by atoms with Gasteiger partial charge in [-0.3, -0.25) is 0 Å². The van der Waals surface area contributed by atoms with Crippen LogP contribution in [0.3, 0.4) is 0 Å². The number of piperidine rings is 1. The minimum Gasteiger partial charge on any atom is -0.392 e. The molecular formula is C23H25NO2. The SMILES string of the molecule is OCc1ccc(C2CCNCC2OCc2ccc3ccccc3c2)cc1. The van der Waals surface area contributed by atoms with Crippen LogP contribution in [0.1, 0.15) is 29.0 Å². The number of hydrogen-bond donors (Lipinski definition) is 2. The topological polar surface area (TPSA) is 41.5 Å². The Morgan fingerprint density at radius 1 is 0.923 bits per heavy atom. The Kier molecular flexibility index (Phi) is 5.30. The van der Waals surface area contributed by atoms with Crippen molar-refractivity contribution < 1.29 is 9.84 Å². The molecule has 26 heavy (non-hydrogen) atoms. The summed E-state index contributed by atoms with van der Waals surface area (Å²) in [5.41, 5.74) is 3.46. The van der Waals surface area contributed by atoms with Crippen LogP contribution in [0.15, 0.2) is 66.7 Å². The second-order valence-corrected chi connectivity index (χ2v) is 7.03. The lowest BCUT2D eigenvalue weighted by atomic mass is 9.87. The zero-order valence-electron chi connectivity index (χ0n) is 14.9. The number of ether oxygens (including phenoxy) is 1. The largest absolute Gasteiger partial charge is 0.392 e. The van der Waals surface area contributed by atoms with Crippen LogP contribution >= 0.6 is 0 Å². The second kappa shape index (κ2) is 8.00. The first-order chi connectivity index (χ1) is 12.8. The maximum Gasteiger partial charge on any atom is 0.0772 e. The summed E-state index contributed by atoms with van der Waals surface area (Å²) in [7, 11) is 0. The van der Waals surface area contributed by atoms with Gasteiger partial charge in [0.15, 0.2) is 0 Å². The van der Waals surface area contributed by atoms with Gasteiger partial charge in [0.05, 0.1) is 19.3 Å². The Morgan fingerprint density at radius 3 is 2.50 bits per heavy atom. The lowest BCUT2D eigenvalue weighted by Gasteiger charge is -2.32. The van der Waals surface area contributed by atoms with Crippen LogP contribution in [0.2, 0.25) is 0 Å². The highest BCUT2D eigenvalue weighted by Crippen LogP contribution is 2.29. The minimum atomic E-state index is 0.0917. The molecule has 4 rings (SSSR count). The van der Waals surface area contributed by atoms with Gasteiger partial charge in [0.1, 0.15) is 0 Å². The molecule has 0 saturated carbocycles. The number of benzene rings is 3. The maximum absolute atomic E-state index is 9.24. The van der Waals surface area contributed by atoms with Crippen molar-refractivity contribution >= 4 is 10.8 Å². The lowest BCUT2D eigenvalue weighted by molar-refractivity contribution is 0.0106. The van der Waals surface area contributed by atoms with E-state index in [9.17, 15) is 5.11 Å². The summed E-state index contributed by atoms with van der Waals surface area (Å²) in [5, 5.41) is 15.2. The van der Waals surface area contributed by atoms with E-state index in [1.54, 1.807) is 0 Å². The van der Waals surface area contributed by atoms with Crippen molar-refractivity contribution in [1.82, 2.24) is 5.32 Å². The van der Waals surface area contributed by atoms with Gasteiger partial charge in [0.2, 0.25) is 0 Å². The number of hydrogen-bond acceptors (Lipinski definition) is 3. The number of rotatable bonds is 5. The Labute approximate surface area is 154 Å². The van der Waals surface area contributed by atoms with Crippen LogP contribution in [0.4, 0.5) is 0 Å². The molecule has 3 heteroatoms. The molecule has 3 aromatic rings. The van der Waals surface area contributed by atoms with Gasteiger partial charge in [-0.1, -0.05) is 60.7 Å². The summed E-state index contributed by atoms with van der Waals surface area (Å²) in [5.74, 6) is 0.393. The standard InChI is InChI=1S/C23H25NO2/c25-15-17-5-9-20(10-6-17)22-11-12-24-14-23(22)26-16-18-7-8-19-3-1-2-4-21(19)13-18/h1-10,13,22-25H,11-12,14-16H2. The van der Waals surface area contributed by atoms with Gasteiger partial charge >= 0.3 is 0 Å². The monoisotopic (exact) mass is 347 g/mol. The maximum atomic E-state index is 9.24. The van der Waals surface area contributed by atoms with Gasteiger partial charge in [-0.15, -0.1) is 0 Å². The number of aliphatic hydroxyl groups excluding tert-OH is 1. The first kappa shape index (κ1) is 17.2. The average Bonchev–Trinajstić information content (AvgIpc) is 2.72. The molecule has 0 spiro atoms. The summed E-state index contributed by atoms with van der Waals surface area (Å²) in [6.07, 6.45) is 1.23. The lowest BCUT2D eigenvalue weighted by Crippen LogP contribution is -2.40. The summed E-state index contributed by atoms with van der Waals surface area (Å²) in [6, 6.07) is 23.3. The van der Waals surface area contributed by atoms with Crippen molar-refractivity contribution in [3.8, 4) is 0 Å². The highest BCUT2D eigenvalue weighted by atomic mass is 16.5. The molecule has 1 aliphatic heterocycles. The molecule has 1 heterocycles. The summed E-state index contributed by atoms with van der Waals surface area (Å²) < 4.78 is 6.33. The van der Waals surface area contributed by atoms with Crippen molar-refractivity contribution in [2.75, 3.05) is 13.1 Å². The highest BCUT2D eigenvalue weighted by molar-refractivity contribution is 5.82. The fraction of sp³-hybridized carbons (Fsp3) is 0.304. The van der Waals surface area contributed by atoms with E-state index in [0.29, 0.717) is 12.5 Å². The molecule has 1 fully saturated rings. The molecule has 0 aliphatic carbocycles. The third kappa shape index (κ3) is 3.80. The van der Waals surface area contributed by atoms with Crippen LogP contribution < -0.4 is 5.32 Å². The molecule has 134 valence electrons. The van der Waals surface area contributed by atoms with E-state index in [-0.39, 0.29) is 12.7 Å². The summed E-state index contributed by atoms with van der Waals surface area (Å²) >= 11 is 0. The Hall–Kier alpha value is -2.20. The van der Waals surface area contributed by atoms with E-state index >= 15 is 0 Å². The van der Waals surface area contributed by atoms with E-state index in [4.69, 9.17) is 4.74 Å². The molecule has 1 saturated heterocycles. The van der Waals surface area contributed by atoms with Crippen LogP contribution in [0.5, 0.6) is 0 Å². The molecule has 0 bridgehead atoms. The van der Waals surface area contributed by atoms with Crippen molar-refractivity contribution in [1.29, 1.82) is 0 Å². The molecule has 0 amide bonds. The first-order valence-electron chi connectivity index (χ1n) is 9.33. The number of aliphatic hydroxyl groups is 1. The van der Waals surface area contributed by atoms with Gasteiger partial charge in [-0.05, 0) is 46.5 Å². The highest BCUT2D eigenvalue weighted by Gasteiger charge is 2.27. The van der Waals surface area contributed by atoms with E-state index < -0.39 is 0 Å². The van der Waals surface area contributed by atoms with Crippen LogP contribution in [-0.4, -0.2) is 24.3 Å². The molecular weight excluding hydrogens is 322 g/mol. The van der Waals surface area contributed by atoms with Crippen LogP contribution in [0, 0.1) is 0 Å². The van der Waals surface area contributed by atoms with E-state index in [0.717, 1.165) is 25.1 Å².